The van der Waals surface area contributed by atoms with Crippen LogP contribution < -0.4 is 10.0 Å². The van der Waals surface area contributed by atoms with Gasteiger partial charge in [-0.15, -0.1) is 0 Å². The lowest BCUT2D eigenvalue weighted by atomic mass is 10.0. The van der Waals surface area contributed by atoms with Crippen molar-refractivity contribution in [2.45, 2.75) is 25.3 Å². The lowest BCUT2D eigenvalue weighted by Crippen LogP contribution is -1.96. The van der Waals surface area contributed by atoms with Crippen LogP contribution in [0.2, 0.25) is 5.02 Å². The van der Waals surface area contributed by atoms with E-state index < -0.39 is 0 Å². The zero-order valence-corrected chi connectivity index (χ0v) is 19.4. The van der Waals surface area contributed by atoms with E-state index in [-0.39, 0.29) is 12.4 Å². The summed E-state index contributed by atoms with van der Waals surface area (Å²) >= 11 is 7.66. The van der Waals surface area contributed by atoms with E-state index in [1.807, 2.05) is 51.2 Å². The second-order valence-corrected chi connectivity index (χ2v) is 8.69. The second-order valence-electron chi connectivity index (χ2n) is 7.46. The van der Waals surface area contributed by atoms with E-state index in [9.17, 15) is 9.50 Å². The molecule has 0 aliphatic carbocycles. The molecule has 0 unspecified atom stereocenters. The first-order chi connectivity index (χ1) is 15.4. The summed E-state index contributed by atoms with van der Waals surface area (Å²) in [5, 5.41) is 13.9. The van der Waals surface area contributed by atoms with Gasteiger partial charge in [0.15, 0.2) is 0 Å². The zero-order valence-electron chi connectivity index (χ0n) is 17.8. The normalized spacial score (nSPS) is 11.1. The number of aliphatic hydroxyl groups is 1. The van der Waals surface area contributed by atoms with Gasteiger partial charge in [0.1, 0.15) is 11.6 Å². The van der Waals surface area contributed by atoms with Crippen LogP contribution in [-0.2, 0) is 6.61 Å². The summed E-state index contributed by atoms with van der Waals surface area (Å²) in [5.74, 6) is 0.380. The largest absolute Gasteiger partial charge is 0.392 e. The monoisotopic (exact) mass is 468 g/mol. The van der Waals surface area contributed by atoms with Crippen LogP contribution in [0.5, 0.6) is 0 Å². The van der Waals surface area contributed by atoms with Gasteiger partial charge < -0.3 is 15.1 Å². The number of hydrogen-bond acceptors (Lipinski definition) is 6. The third-order valence-corrected chi connectivity index (χ3v) is 6.50. The number of aryl methyl sites for hydroxylation is 2. The number of fused-ring (bicyclic) bond motifs is 1. The van der Waals surface area contributed by atoms with Crippen molar-refractivity contribution in [1.29, 1.82) is 0 Å². The smallest absolute Gasteiger partial charge is 0.127 e. The molecule has 0 saturated heterocycles. The van der Waals surface area contributed by atoms with Crippen LogP contribution in [0, 0.1) is 19.7 Å². The molecule has 164 valence electrons. The predicted octanol–water partition coefficient (Wildman–Crippen LogP) is 6.36. The Labute approximate surface area is 195 Å². The van der Waals surface area contributed by atoms with Crippen LogP contribution in [0.4, 0.5) is 15.9 Å². The fourth-order valence-electron chi connectivity index (χ4n) is 3.51. The van der Waals surface area contributed by atoms with E-state index in [4.69, 9.17) is 11.6 Å². The Kier molecular flexibility index (Phi) is 6.50. The standard InChI is InChI=1S/C24H22ClFN4OS/c1-13-4-17(12-31)24(25)22(5-13)32-30-19-7-15(6-18(26)9-19)20-8-16-11-28-23(27-3)10-21(16)29-14(20)2/h4-11,30-31H,12H2,1-3H3,(H,27,28). The van der Waals surface area contributed by atoms with Crippen LogP contribution in [0.25, 0.3) is 22.0 Å². The topological polar surface area (TPSA) is 70.1 Å². The van der Waals surface area contributed by atoms with E-state index in [2.05, 4.69) is 20.0 Å². The highest BCUT2D eigenvalue weighted by atomic mass is 35.5. The van der Waals surface area contributed by atoms with Crippen LogP contribution >= 0.6 is 23.5 Å². The maximum Gasteiger partial charge on any atom is 0.127 e. The summed E-state index contributed by atoms with van der Waals surface area (Å²) in [6.45, 7) is 3.70. The molecule has 0 spiro atoms. The summed E-state index contributed by atoms with van der Waals surface area (Å²) in [5.41, 5.74) is 5.40. The third kappa shape index (κ3) is 4.65. The Balaban J connectivity index is 1.66. The van der Waals surface area contributed by atoms with Crippen LogP contribution in [0.15, 0.2) is 53.6 Å². The molecule has 8 heteroatoms. The van der Waals surface area contributed by atoms with E-state index in [1.54, 1.807) is 6.20 Å². The minimum absolute atomic E-state index is 0.142. The van der Waals surface area contributed by atoms with Gasteiger partial charge in [-0.3, -0.25) is 4.98 Å². The lowest BCUT2D eigenvalue weighted by molar-refractivity contribution is 0.281. The molecular formula is C24H22ClFN4OS. The van der Waals surface area contributed by atoms with Gasteiger partial charge >= 0.3 is 0 Å². The number of anilines is 2. The summed E-state index contributed by atoms with van der Waals surface area (Å²) in [7, 11) is 1.81. The van der Waals surface area contributed by atoms with Crippen molar-refractivity contribution in [2.75, 3.05) is 17.1 Å². The van der Waals surface area contributed by atoms with Gasteiger partial charge in [-0.2, -0.15) is 0 Å². The molecular weight excluding hydrogens is 447 g/mol. The van der Waals surface area contributed by atoms with Gasteiger partial charge in [-0.05, 0) is 72.8 Å². The Morgan fingerprint density at radius 3 is 2.66 bits per heavy atom. The molecule has 0 bridgehead atoms. The number of aromatic nitrogens is 2. The molecule has 0 aliphatic heterocycles. The van der Waals surface area contributed by atoms with Crippen LogP contribution in [0.3, 0.4) is 0 Å². The number of aliphatic hydroxyl groups excluding tert-OH is 1. The van der Waals surface area contributed by atoms with Gasteiger partial charge in [-0.1, -0.05) is 17.7 Å². The SMILES string of the molecule is CNc1cc2nc(C)c(-c3cc(F)cc(NSc4cc(C)cc(CO)c4Cl)c3)cc2cn1. The first-order valence-electron chi connectivity index (χ1n) is 9.97. The summed E-state index contributed by atoms with van der Waals surface area (Å²) < 4.78 is 17.7. The highest BCUT2D eigenvalue weighted by molar-refractivity contribution is 8.00. The van der Waals surface area contributed by atoms with Gasteiger partial charge in [0, 0.05) is 46.5 Å². The summed E-state index contributed by atoms with van der Waals surface area (Å²) in [4.78, 5) is 9.79. The van der Waals surface area contributed by atoms with E-state index >= 15 is 0 Å². The fourth-order valence-corrected chi connectivity index (χ4v) is 4.60. The quantitative estimate of drug-likeness (QED) is 0.286. The summed E-state index contributed by atoms with van der Waals surface area (Å²) in [6.07, 6.45) is 1.75. The Hall–Kier alpha value is -2.87. The van der Waals surface area contributed by atoms with Gasteiger partial charge in [0.2, 0.25) is 0 Å². The van der Waals surface area contributed by atoms with Crippen LogP contribution in [0.1, 0.15) is 16.8 Å². The molecule has 0 amide bonds. The molecule has 0 saturated carbocycles. The maximum atomic E-state index is 14.5. The van der Waals surface area contributed by atoms with Crippen molar-refractivity contribution in [3.8, 4) is 11.1 Å². The van der Waals surface area contributed by atoms with Crippen molar-refractivity contribution in [2.24, 2.45) is 0 Å². The molecule has 2 heterocycles. The van der Waals surface area contributed by atoms with E-state index in [0.29, 0.717) is 21.8 Å². The second kappa shape index (κ2) is 9.32. The number of hydrogen-bond donors (Lipinski definition) is 3. The predicted molar refractivity (Wildman–Crippen MR) is 131 cm³/mol. The molecule has 0 aliphatic rings. The van der Waals surface area contributed by atoms with Gasteiger partial charge in [0.05, 0.1) is 17.1 Å². The molecule has 0 atom stereocenters. The first-order valence-corrected chi connectivity index (χ1v) is 11.2. The molecule has 4 rings (SSSR count). The average molecular weight is 469 g/mol. The van der Waals surface area contributed by atoms with Crippen molar-refractivity contribution in [1.82, 2.24) is 9.97 Å². The molecule has 5 nitrogen and oxygen atoms in total. The minimum atomic E-state index is -0.361. The Bertz CT molecular complexity index is 1320. The molecule has 32 heavy (non-hydrogen) atoms. The molecule has 2 aromatic carbocycles. The number of nitrogens with zero attached hydrogens (tertiary/aromatic N) is 2. The number of nitrogens with one attached hydrogen (secondary N) is 2. The van der Waals surface area contributed by atoms with E-state index in [1.165, 1.54) is 24.1 Å². The molecule has 4 aromatic rings. The number of pyridine rings is 2. The molecule has 2 aromatic heterocycles. The molecule has 0 fully saturated rings. The minimum Gasteiger partial charge on any atom is -0.392 e. The van der Waals surface area contributed by atoms with Crippen molar-refractivity contribution in [3.63, 3.8) is 0 Å². The van der Waals surface area contributed by atoms with Crippen molar-refractivity contribution in [3.05, 3.63) is 76.3 Å². The maximum absolute atomic E-state index is 14.5. The lowest BCUT2D eigenvalue weighted by Gasteiger charge is -2.13. The van der Waals surface area contributed by atoms with E-state index in [0.717, 1.165) is 38.4 Å². The first kappa shape index (κ1) is 22.3. The Morgan fingerprint density at radius 2 is 1.91 bits per heavy atom. The molecule has 3 N–H and O–H groups in total. The fraction of sp³-hybridized carbons (Fsp3) is 0.167. The average Bonchev–Trinajstić information content (AvgIpc) is 2.78. The van der Waals surface area contributed by atoms with Crippen molar-refractivity contribution >= 4 is 46.0 Å². The Morgan fingerprint density at radius 1 is 1.09 bits per heavy atom. The number of benzene rings is 2. The van der Waals surface area contributed by atoms with Gasteiger partial charge in [0.25, 0.3) is 0 Å². The van der Waals surface area contributed by atoms with Crippen molar-refractivity contribution < 1.29 is 9.50 Å². The number of rotatable bonds is 6. The molecule has 0 radical (unpaired) electrons. The van der Waals surface area contributed by atoms with Gasteiger partial charge in [-0.25, -0.2) is 9.37 Å². The number of halogens is 2. The third-order valence-electron chi connectivity index (χ3n) is 5.06. The van der Waals surface area contributed by atoms with Crippen LogP contribution in [-0.4, -0.2) is 22.1 Å². The zero-order chi connectivity index (χ0) is 22.8. The highest BCUT2D eigenvalue weighted by Crippen LogP contribution is 2.34. The highest BCUT2D eigenvalue weighted by Gasteiger charge is 2.12. The summed E-state index contributed by atoms with van der Waals surface area (Å²) in [6, 6.07) is 12.4.